The fourth-order valence-electron chi connectivity index (χ4n) is 3.36. The topological polar surface area (TPSA) is 69.0 Å². The third-order valence-corrected chi connectivity index (χ3v) is 4.66. The van der Waals surface area contributed by atoms with E-state index in [0.717, 1.165) is 54.0 Å². The van der Waals surface area contributed by atoms with Gasteiger partial charge in [-0.05, 0) is 30.2 Å². The quantitative estimate of drug-likeness (QED) is 0.693. The zero-order valence-electron chi connectivity index (χ0n) is 15.8. The van der Waals surface area contributed by atoms with Crippen molar-refractivity contribution in [1.82, 2.24) is 24.7 Å². The zero-order valence-corrected chi connectivity index (χ0v) is 15.8. The van der Waals surface area contributed by atoms with Crippen molar-refractivity contribution in [3.63, 3.8) is 0 Å². The third kappa shape index (κ3) is 3.68. The van der Waals surface area contributed by atoms with Crippen LogP contribution in [0, 0.1) is 0 Å². The summed E-state index contributed by atoms with van der Waals surface area (Å²) >= 11 is 0. The number of nitrogens with zero attached hydrogens (tertiary/aromatic N) is 6. The average molecular weight is 364 g/mol. The van der Waals surface area contributed by atoms with Crippen LogP contribution >= 0.6 is 0 Å². The number of anilines is 1. The van der Waals surface area contributed by atoms with Crippen molar-refractivity contribution in [2.45, 2.75) is 19.8 Å². The maximum absolute atomic E-state index is 5.51. The lowest BCUT2D eigenvalue weighted by atomic mass is 10.2. The van der Waals surface area contributed by atoms with Gasteiger partial charge in [0.05, 0.1) is 18.9 Å². The number of hydrogen-bond acceptors (Lipinski definition) is 6. The summed E-state index contributed by atoms with van der Waals surface area (Å²) in [5, 5.41) is 4.72. The number of fused-ring (bicyclic) bond motifs is 1. The van der Waals surface area contributed by atoms with Crippen LogP contribution in [0.1, 0.15) is 30.4 Å². The van der Waals surface area contributed by atoms with Crippen LogP contribution in [-0.2, 0) is 18.2 Å². The largest absolute Gasteiger partial charge is 0.378 e. The molecule has 1 fully saturated rings. The van der Waals surface area contributed by atoms with E-state index in [1.165, 1.54) is 0 Å². The number of morpholine rings is 1. The first kappa shape index (κ1) is 17.6. The Morgan fingerprint density at radius 3 is 2.78 bits per heavy atom. The van der Waals surface area contributed by atoms with E-state index in [4.69, 9.17) is 19.8 Å². The van der Waals surface area contributed by atoms with E-state index in [2.05, 4.69) is 16.8 Å². The van der Waals surface area contributed by atoms with E-state index in [0.29, 0.717) is 19.0 Å². The summed E-state index contributed by atoms with van der Waals surface area (Å²) in [7, 11) is 1.97. The predicted molar refractivity (Wildman–Crippen MR) is 106 cm³/mol. The van der Waals surface area contributed by atoms with Gasteiger partial charge in [0.2, 0.25) is 0 Å². The highest BCUT2D eigenvalue weighted by Crippen LogP contribution is 2.27. The molecule has 0 N–H and O–H groups in total. The van der Waals surface area contributed by atoms with Crippen molar-refractivity contribution in [1.29, 1.82) is 0 Å². The fraction of sp³-hybridized carbons (Fsp3) is 0.400. The monoisotopic (exact) mass is 364 g/mol. The Morgan fingerprint density at radius 2 is 2.04 bits per heavy atom. The minimum atomic E-state index is 0.693. The third-order valence-electron chi connectivity index (χ3n) is 4.66. The lowest BCUT2D eigenvalue weighted by Crippen LogP contribution is -2.37. The molecule has 0 spiro atoms. The molecule has 0 amide bonds. The van der Waals surface area contributed by atoms with E-state index >= 15 is 0 Å². The molecule has 0 saturated carbocycles. The van der Waals surface area contributed by atoms with Gasteiger partial charge in [-0.2, -0.15) is 5.10 Å². The summed E-state index contributed by atoms with van der Waals surface area (Å²) in [6, 6.07) is 3.93. The Hall–Kier alpha value is -2.80. The average Bonchev–Trinajstić information content (AvgIpc) is 3.03. The van der Waals surface area contributed by atoms with Gasteiger partial charge in [-0.3, -0.25) is 9.67 Å². The molecule has 1 aliphatic heterocycles. The van der Waals surface area contributed by atoms with Crippen LogP contribution in [-0.4, -0.2) is 51.0 Å². The smallest absolute Gasteiger partial charge is 0.159 e. The molecule has 1 aliphatic rings. The molecule has 0 atom stereocenters. The van der Waals surface area contributed by atoms with Gasteiger partial charge in [-0.25, -0.2) is 9.97 Å². The minimum absolute atomic E-state index is 0.693. The van der Waals surface area contributed by atoms with Crippen molar-refractivity contribution in [2.75, 3.05) is 31.2 Å². The lowest BCUT2D eigenvalue weighted by molar-refractivity contribution is 0.122. The Balaban J connectivity index is 1.81. The number of ether oxygens (including phenoxy) is 1. The van der Waals surface area contributed by atoms with E-state index in [9.17, 15) is 0 Å². The molecule has 0 unspecified atom stereocenters. The number of rotatable bonds is 5. The highest BCUT2D eigenvalue weighted by Gasteiger charge is 2.21. The van der Waals surface area contributed by atoms with Gasteiger partial charge in [0.25, 0.3) is 0 Å². The summed E-state index contributed by atoms with van der Waals surface area (Å²) in [5.74, 6) is 1.63. The van der Waals surface area contributed by atoms with Gasteiger partial charge < -0.3 is 9.64 Å². The highest BCUT2D eigenvalue weighted by molar-refractivity contribution is 5.89. The lowest BCUT2D eigenvalue weighted by Gasteiger charge is -2.28. The van der Waals surface area contributed by atoms with Gasteiger partial charge in [-0.15, -0.1) is 0 Å². The number of aryl methyl sites for hydroxylation is 2. The van der Waals surface area contributed by atoms with Gasteiger partial charge in [0.1, 0.15) is 11.0 Å². The Labute approximate surface area is 158 Å². The van der Waals surface area contributed by atoms with Gasteiger partial charge in [0.15, 0.2) is 11.6 Å². The summed E-state index contributed by atoms with van der Waals surface area (Å²) < 4.78 is 7.43. The zero-order chi connectivity index (χ0) is 18.6. The van der Waals surface area contributed by atoms with E-state index in [1.807, 2.05) is 42.2 Å². The first-order valence-electron chi connectivity index (χ1n) is 9.40. The Bertz CT molecular complexity index is 944. The molecule has 1 saturated heterocycles. The van der Waals surface area contributed by atoms with Crippen LogP contribution in [0.3, 0.4) is 0 Å². The first-order valence-corrected chi connectivity index (χ1v) is 9.40. The Morgan fingerprint density at radius 1 is 1.19 bits per heavy atom. The highest BCUT2D eigenvalue weighted by atomic mass is 16.5. The second-order valence-electron chi connectivity index (χ2n) is 6.64. The molecule has 27 heavy (non-hydrogen) atoms. The van der Waals surface area contributed by atoms with E-state index < -0.39 is 0 Å². The molecule has 0 aromatic carbocycles. The molecule has 7 heteroatoms. The molecule has 4 rings (SSSR count). The van der Waals surface area contributed by atoms with Crippen molar-refractivity contribution in [3.05, 3.63) is 41.6 Å². The summed E-state index contributed by atoms with van der Waals surface area (Å²) in [6.45, 7) is 5.24. The molecule has 3 aromatic heterocycles. The van der Waals surface area contributed by atoms with Crippen molar-refractivity contribution in [2.24, 2.45) is 7.05 Å². The summed E-state index contributed by atoms with van der Waals surface area (Å²) in [6.07, 6.45) is 9.47. The van der Waals surface area contributed by atoms with E-state index in [-0.39, 0.29) is 0 Å². The van der Waals surface area contributed by atoms with Crippen molar-refractivity contribution < 1.29 is 4.74 Å². The van der Waals surface area contributed by atoms with Gasteiger partial charge in [0, 0.05) is 32.5 Å². The van der Waals surface area contributed by atoms with E-state index in [1.54, 1.807) is 6.20 Å². The van der Waals surface area contributed by atoms with Crippen LogP contribution in [0.5, 0.6) is 0 Å². The molecule has 3 aromatic rings. The SMILES string of the molecule is CCCc1nn(C)c2c(N3CCOCC3)nc(C=Cc3cccnc3)nc12. The molecule has 7 nitrogen and oxygen atoms in total. The Kier molecular flexibility index (Phi) is 5.11. The van der Waals surface area contributed by atoms with Crippen LogP contribution in [0.15, 0.2) is 24.5 Å². The van der Waals surface area contributed by atoms with Crippen LogP contribution < -0.4 is 4.90 Å². The summed E-state index contributed by atoms with van der Waals surface area (Å²) in [5.41, 5.74) is 4.00. The minimum Gasteiger partial charge on any atom is -0.378 e. The molecule has 0 radical (unpaired) electrons. The normalized spacial score (nSPS) is 15.1. The van der Waals surface area contributed by atoms with Gasteiger partial charge >= 0.3 is 0 Å². The second kappa shape index (κ2) is 7.84. The summed E-state index contributed by atoms with van der Waals surface area (Å²) in [4.78, 5) is 16.1. The van der Waals surface area contributed by atoms with Crippen LogP contribution in [0.25, 0.3) is 23.2 Å². The van der Waals surface area contributed by atoms with Crippen molar-refractivity contribution >= 4 is 29.0 Å². The molecule has 4 heterocycles. The molecule has 0 aliphatic carbocycles. The first-order chi connectivity index (χ1) is 13.3. The van der Waals surface area contributed by atoms with Gasteiger partial charge in [-0.1, -0.05) is 19.4 Å². The molecule has 140 valence electrons. The second-order valence-corrected chi connectivity index (χ2v) is 6.64. The maximum Gasteiger partial charge on any atom is 0.159 e. The van der Waals surface area contributed by atoms with Crippen LogP contribution in [0.2, 0.25) is 0 Å². The molecular formula is C20H24N6O. The standard InChI is InChI=1S/C20H24N6O/c1-3-5-16-18-19(25(2)24-16)20(26-10-12-27-13-11-26)23-17(22-18)8-7-15-6-4-9-21-14-15/h4,6-9,14H,3,5,10-13H2,1-2H3. The molecule has 0 bridgehead atoms. The number of hydrogen-bond donors (Lipinski definition) is 0. The number of aromatic nitrogens is 5. The predicted octanol–water partition coefficient (Wildman–Crippen LogP) is 2.72. The molecular weight excluding hydrogens is 340 g/mol. The van der Waals surface area contributed by atoms with Crippen LogP contribution in [0.4, 0.5) is 5.82 Å². The maximum atomic E-state index is 5.51. The number of pyridine rings is 1. The van der Waals surface area contributed by atoms with Crippen molar-refractivity contribution in [3.8, 4) is 0 Å². The fourth-order valence-corrected chi connectivity index (χ4v) is 3.36.